The van der Waals surface area contributed by atoms with Crippen molar-refractivity contribution in [1.82, 2.24) is 4.31 Å². The van der Waals surface area contributed by atoms with Crippen molar-refractivity contribution in [3.05, 3.63) is 99.8 Å². The fraction of sp³-hybridized carbons (Fsp3) is 0.125. The number of fused-ring (bicyclic) bond motifs is 1. The molecule has 0 amide bonds. The van der Waals surface area contributed by atoms with E-state index in [-0.39, 0.29) is 16.3 Å². The largest absolute Gasteiger partial charge is 0.295 e. The first kappa shape index (κ1) is 20.3. The molecule has 1 aliphatic rings. The summed E-state index contributed by atoms with van der Waals surface area (Å²) in [6.07, 6.45) is 1.87. The topological polar surface area (TPSA) is 54.5 Å². The standard InChI is InChI=1S/C24H21NO3S2/c1-16-9-11-21(12-10-16)30(27,28)25-22(19-7-5-4-6-8-19)15-20-13-14-29-24(20)23(25)17(2)18(3)26/h4-15,23H,2H2,1,3H3/t23-/m1/s1. The minimum absolute atomic E-state index is 0.177. The van der Waals surface area contributed by atoms with Crippen molar-refractivity contribution in [2.24, 2.45) is 0 Å². The maximum Gasteiger partial charge on any atom is 0.265 e. The Morgan fingerprint density at radius 1 is 1.03 bits per heavy atom. The summed E-state index contributed by atoms with van der Waals surface area (Å²) >= 11 is 1.43. The summed E-state index contributed by atoms with van der Waals surface area (Å²) in [5, 5.41) is 1.91. The smallest absolute Gasteiger partial charge is 0.265 e. The number of sulfonamides is 1. The van der Waals surface area contributed by atoms with Gasteiger partial charge in [-0.25, -0.2) is 8.42 Å². The van der Waals surface area contributed by atoms with E-state index in [0.717, 1.165) is 21.6 Å². The minimum Gasteiger partial charge on any atom is -0.295 e. The molecule has 1 aliphatic heterocycles. The zero-order valence-electron chi connectivity index (χ0n) is 16.7. The van der Waals surface area contributed by atoms with Gasteiger partial charge in [-0.2, -0.15) is 0 Å². The summed E-state index contributed by atoms with van der Waals surface area (Å²) in [5.41, 5.74) is 3.40. The van der Waals surface area contributed by atoms with Crippen LogP contribution in [0.3, 0.4) is 0 Å². The van der Waals surface area contributed by atoms with Gasteiger partial charge >= 0.3 is 0 Å². The molecule has 0 radical (unpaired) electrons. The highest BCUT2D eigenvalue weighted by molar-refractivity contribution is 7.89. The normalized spacial score (nSPS) is 16.0. The number of benzene rings is 2. The molecule has 0 spiro atoms. The molecule has 0 bridgehead atoms. The summed E-state index contributed by atoms with van der Waals surface area (Å²) in [5.74, 6) is -0.238. The molecular formula is C24H21NO3S2. The van der Waals surface area contributed by atoms with Gasteiger partial charge in [0.2, 0.25) is 0 Å². The molecule has 0 aliphatic carbocycles. The summed E-state index contributed by atoms with van der Waals surface area (Å²) < 4.78 is 29.1. The van der Waals surface area contributed by atoms with Crippen LogP contribution in [0, 0.1) is 6.92 Å². The maximum absolute atomic E-state index is 13.9. The van der Waals surface area contributed by atoms with Crippen molar-refractivity contribution < 1.29 is 13.2 Å². The van der Waals surface area contributed by atoms with E-state index < -0.39 is 16.1 Å². The molecule has 1 aromatic heterocycles. The van der Waals surface area contributed by atoms with E-state index in [0.29, 0.717) is 5.70 Å². The maximum atomic E-state index is 13.9. The number of ketones is 1. The Labute approximate surface area is 180 Å². The van der Waals surface area contributed by atoms with Gasteiger partial charge in [0.25, 0.3) is 10.0 Å². The Bertz CT molecular complexity index is 1250. The quantitative estimate of drug-likeness (QED) is 0.501. The first-order chi connectivity index (χ1) is 14.3. The highest BCUT2D eigenvalue weighted by Crippen LogP contribution is 2.47. The Hall–Kier alpha value is -2.96. The molecule has 4 nitrogen and oxygen atoms in total. The van der Waals surface area contributed by atoms with Crippen LogP contribution in [0.15, 0.2) is 83.1 Å². The number of carbonyl (C=O) groups excluding carboxylic acids is 1. The molecule has 1 atom stereocenters. The van der Waals surface area contributed by atoms with Gasteiger partial charge in [0.05, 0.1) is 10.6 Å². The van der Waals surface area contributed by atoms with E-state index in [1.807, 2.05) is 54.8 Å². The fourth-order valence-corrected chi connectivity index (χ4v) is 6.23. The molecule has 0 fully saturated rings. The second kappa shape index (κ2) is 7.70. The molecule has 2 heterocycles. The van der Waals surface area contributed by atoms with Gasteiger partial charge in [0.15, 0.2) is 5.78 Å². The molecule has 0 saturated carbocycles. The number of nitrogens with zero attached hydrogens (tertiary/aromatic N) is 1. The average molecular weight is 436 g/mol. The van der Waals surface area contributed by atoms with Crippen LogP contribution in [0.5, 0.6) is 0 Å². The fourth-order valence-electron chi connectivity index (χ4n) is 3.53. The van der Waals surface area contributed by atoms with E-state index in [4.69, 9.17) is 0 Å². The van der Waals surface area contributed by atoms with Crippen molar-refractivity contribution >= 4 is 38.9 Å². The van der Waals surface area contributed by atoms with Gasteiger partial charge in [-0.3, -0.25) is 9.10 Å². The minimum atomic E-state index is -3.97. The lowest BCUT2D eigenvalue weighted by molar-refractivity contribution is -0.114. The lowest BCUT2D eigenvalue weighted by Gasteiger charge is -2.38. The van der Waals surface area contributed by atoms with Crippen LogP contribution >= 0.6 is 11.3 Å². The summed E-state index contributed by atoms with van der Waals surface area (Å²) in [6.45, 7) is 7.31. The Kier molecular flexibility index (Phi) is 5.22. The van der Waals surface area contributed by atoms with Crippen molar-refractivity contribution in [2.45, 2.75) is 24.8 Å². The van der Waals surface area contributed by atoms with Gasteiger partial charge in [0, 0.05) is 10.5 Å². The third kappa shape index (κ3) is 3.42. The first-order valence-electron chi connectivity index (χ1n) is 9.46. The molecule has 0 saturated heterocycles. The van der Waals surface area contributed by atoms with E-state index in [9.17, 15) is 13.2 Å². The Morgan fingerprint density at radius 3 is 2.33 bits per heavy atom. The molecule has 3 aromatic rings. The number of rotatable bonds is 5. The summed E-state index contributed by atoms with van der Waals surface area (Å²) in [6, 6.07) is 17.3. The Morgan fingerprint density at radius 2 is 1.70 bits per heavy atom. The Balaban J connectivity index is 2.00. The van der Waals surface area contributed by atoms with Crippen molar-refractivity contribution in [3.63, 3.8) is 0 Å². The monoisotopic (exact) mass is 435 g/mol. The van der Waals surface area contributed by atoms with Gasteiger partial charge in [-0.1, -0.05) is 54.6 Å². The first-order valence-corrected chi connectivity index (χ1v) is 11.8. The second-order valence-corrected chi connectivity index (χ2v) is 10.00. The highest BCUT2D eigenvalue weighted by atomic mass is 32.2. The zero-order valence-corrected chi connectivity index (χ0v) is 18.3. The molecule has 0 N–H and O–H groups in total. The van der Waals surface area contributed by atoms with Crippen LogP contribution in [0.4, 0.5) is 0 Å². The molecule has 6 heteroatoms. The predicted octanol–water partition coefficient (Wildman–Crippen LogP) is 5.45. The van der Waals surface area contributed by atoms with Crippen molar-refractivity contribution in [1.29, 1.82) is 0 Å². The van der Waals surface area contributed by atoms with E-state index in [1.54, 1.807) is 24.3 Å². The van der Waals surface area contributed by atoms with Crippen molar-refractivity contribution in [3.8, 4) is 0 Å². The van der Waals surface area contributed by atoms with Crippen LogP contribution < -0.4 is 0 Å². The van der Waals surface area contributed by atoms with Crippen LogP contribution in [0.1, 0.15) is 34.5 Å². The molecule has 4 rings (SSSR count). The number of carbonyl (C=O) groups is 1. The predicted molar refractivity (Wildman–Crippen MR) is 121 cm³/mol. The van der Waals surface area contributed by atoms with Crippen LogP contribution in [-0.2, 0) is 14.8 Å². The lowest BCUT2D eigenvalue weighted by Crippen LogP contribution is -2.37. The molecule has 30 heavy (non-hydrogen) atoms. The van der Waals surface area contributed by atoms with Crippen LogP contribution in [0.2, 0.25) is 0 Å². The molecule has 152 valence electrons. The number of thiophene rings is 1. The molecule has 0 unspecified atom stereocenters. The SMILES string of the molecule is C=C(C(C)=O)[C@@H]1c2sccc2C=C(c2ccccc2)N1S(=O)(=O)c1ccc(C)cc1. The van der Waals surface area contributed by atoms with Crippen molar-refractivity contribution in [2.75, 3.05) is 0 Å². The van der Waals surface area contributed by atoms with Crippen LogP contribution in [0.25, 0.3) is 11.8 Å². The van der Waals surface area contributed by atoms with Gasteiger partial charge in [0.1, 0.15) is 6.04 Å². The lowest BCUT2D eigenvalue weighted by atomic mass is 9.95. The van der Waals surface area contributed by atoms with E-state index >= 15 is 0 Å². The van der Waals surface area contributed by atoms with E-state index in [2.05, 4.69) is 6.58 Å². The highest BCUT2D eigenvalue weighted by Gasteiger charge is 2.41. The summed E-state index contributed by atoms with van der Waals surface area (Å²) in [7, 11) is -3.97. The molecule has 2 aromatic carbocycles. The summed E-state index contributed by atoms with van der Waals surface area (Å²) in [4.78, 5) is 13.3. The van der Waals surface area contributed by atoms with E-state index in [1.165, 1.54) is 22.6 Å². The second-order valence-electron chi connectivity index (χ2n) is 7.23. The van der Waals surface area contributed by atoms with Crippen LogP contribution in [-0.4, -0.2) is 18.5 Å². The zero-order chi connectivity index (χ0) is 21.5. The van der Waals surface area contributed by atoms with Gasteiger partial charge in [-0.15, -0.1) is 11.3 Å². The number of hydrogen-bond acceptors (Lipinski definition) is 4. The third-order valence-electron chi connectivity index (χ3n) is 5.17. The number of Topliss-reactive ketones (excluding diaryl/α,β-unsaturated/α-hetero) is 1. The third-order valence-corrected chi connectivity index (χ3v) is 7.95. The number of aryl methyl sites for hydroxylation is 1. The average Bonchev–Trinajstić information content (AvgIpc) is 3.21. The number of hydrogen-bond donors (Lipinski definition) is 0. The molecular weight excluding hydrogens is 414 g/mol. The van der Waals surface area contributed by atoms with Gasteiger partial charge < -0.3 is 0 Å². The van der Waals surface area contributed by atoms with Gasteiger partial charge in [-0.05, 0) is 54.6 Å².